The molecule has 7 heteroatoms. The Morgan fingerprint density at radius 1 is 1.45 bits per heavy atom. The van der Waals surface area contributed by atoms with Crippen LogP contribution in [0.3, 0.4) is 0 Å². The van der Waals surface area contributed by atoms with Crippen LogP contribution in [0.2, 0.25) is 0 Å². The Morgan fingerprint density at radius 3 is 2.77 bits per heavy atom. The normalized spacial score (nSPS) is 17.2. The number of aryl methyl sites for hydroxylation is 1. The lowest BCUT2D eigenvalue weighted by atomic mass is 10.1. The van der Waals surface area contributed by atoms with E-state index in [9.17, 15) is 15.2 Å². The molecule has 122 valence electrons. The largest absolute Gasteiger partial charge is 0.390 e. The van der Waals surface area contributed by atoms with Crippen molar-refractivity contribution in [3.8, 4) is 0 Å². The van der Waals surface area contributed by atoms with E-state index in [0.29, 0.717) is 37.6 Å². The third-order valence-electron chi connectivity index (χ3n) is 3.87. The second-order valence-electron chi connectivity index (χ2n) is 5.65. The van der Waals surface area contributed by atoms with Gasteiger partial charge in [0.15, 0.2) is 0 Å². The molecule has 1 aliphatic rings. The number of rotatable bonds is 6. The topological polar surface area (TPSA) is 79.1 Å². The first-order valence-corrected chi connectivity index (χ1v) is 7.42. The smallest absolute Gasteiger partial charge is 0.295 e. The Hall–Kier alpha value is -1.70. The number of nitro benzene ring substituents is 1. The van der Waals surface area contributed by atoms with Gasteiger partial charge in [-0.3, -0.25) is 15.0 Å². The van der Waals surface area contributed by atoms with Crippen molar-refractivity contribution in [1.29, 1.82) is 0 Å². The van der Waals surface area contributed by atoms with Crippen LogP contribution >= 0.6 is 0 Å². The molecule has 1 N–H and O–H groups in total. The van der Waals surface area contributed by atoms with Crippen LogP contribution in [0.5, 0.6) is 0 Å². The number of nitrogens with zero attached hydrogens (tertiary/aromatic N) is 3. The predicted molar refractivity (Wildman–Crippen MR) is 84.4 cm³/mol. The zero-order valence-corrected chi connectivity index (χ0v) is 13.1. The minimum absolute atomic E-state index is 0.101. The number of β-amino-alcohol motifs (C(OH)–C–C–N with tert-alkyl or cyclic N) is 1. The number of para-hydroxylation sites is 1. The second-order valence-corrected chi connectivity index (χ2v) is 5.65. The molecule has 1 fully saturated rings. The van der Waals surface area contributed by atoms with E-state index in [0.717, 1.165) is 13.1 Å². The minimum atomic E-state index is -0.566. The summed E-state index contributed by atoms with van der Waals surface area (Å²) in [5.74, 6) is 0. The van der Waals surface area contributed by atoms with Crippen LogP contribution < -0.4 is 4.90 Å². The number of likely N-dealkylation sites (N-methyl/N-ethyl adjacent to an activating group) is 1. The van der Waals surface area contributed by atoms with Crippen molar-refractivity contribution in [3.63, 3.8) is 0 Å². The summed E-state index contributed by atoms with van der Waals surface area (Å²) in [5, 5.41) is 21.5. The average molecular weight is 309 g/mol. The molecule has 1 heterocycles. The Labute approximate surface area is 130 Å². The zero-order chi connectivity index (χ0) is 16.1. The Bertz CT molecular complexity index is 518. The van der Waals surface area contributed by atoms with Crippen molar-refractivity contribution >= 4 is 11.4 Å². The van der Waals surface area contributed by atoms with Crippen molar-refractivity contribution in [2.75, 3.05) is 51.3 Å². The molecule has 0 amide bonds. The monoisotopic (exact) mass is 309 g/mol. The predicted octanol–water partition coefficient (Wildman–Crippen LogP) is 1.03. The van der Waals surface area contributed by atoms with Crippen LogP contribution in [-0.4, -0.2) is 67.5 Å². The van der Waals surface area contributed by atoms with E-state index < -0.39 is 6.10 Å². The number of hydrogen-bond acceptors (Lipinski definition) is 6. The molecule has 1 atom stereocenters. The number of nitro groups is 1. The molecular formula is C15H23N3O4. The molecule has 7 nitrogen and oxygen atoms in total. The standard InChI is InChI=1S/C15H23N3O4/c1-12-4-3-5-14(15(12)18(20)21)16(2)10-13(19)11-17-6-8-22-9-7-17/h3-5,13,19H,6-11H2,1-2H3/t13-/m1/s1. The maximum atomic E-state index is 11.2. The maximum Gasteiger partial charge on any atom is 0.295 e. The van der Waals surface area contributed by atoms with Gasteiger partial charge in [0.2, 0.25) is 0 Å². The zero-order valence-electron chi connectivity index (χ0n) is 13.1. The van der Waals surface area contributed by atoms with Gasteiger partial charge >= 0.3 is 0 Å². The molecule has 1 aromatic carbocycles. The van der Waals surface area contributed by atoms with Gasteiger partial charge in [-0.2, -0.15) is 0 Å². The number of aliphatic hydroxyl groups is 1. The molecular weight excluding hydrogens is 286 g/mol. The van der Waals surface area contributed by atoms with Gasteiger partial charge in [-0.25, -0.2) is 0 Å². The highest BCUT2D eigenvalue weighted by molar-refractivity contribution is 5.66. The van der Waals surface area contributed by atoms with Crippen molar-refractivity contribution in [2.45, 2.75) is 13.0 Å². The number of anilines is 1. The van der Waals surface area contributed by atoms with Gasteiger partial charge in [-0.15, -0.1) is 0 Å². The minimum Gasteiger partial charge on any atom is -0.390 e. The molecule has 0 aliphatic carbocycles. The number of benzene rings is 1. The second kappa shape index (κ2) is 7.53. The van der Waals surface area contributed by atoms with Crippen molar-refractivity contribution < 1.29 is 14.8 Å². The fourth-order valence-corrected chi connectivity index (χ4v) is 2.74. The van der Waals surface area contributed by atoms with Crippen LogP contribution in [0.4, 0.5) is 11.4 Å². The quantitative estimate of drug-likeness (QED) is 0.624. The van der Waals surface area contributed by atoms with Gasteiger partial charge in [0.25, 0.3) is 5.69 Å². The first kappa shape index (κ1) is 16.7. The number of hydrogen-bond donors (Lipinski definition) is 1. The van der Waals surface area contributed by atoms with E-state index in [1.807, 2.05) is 0 Å². The molecule has 2 rings (SSSR count). The Balaban J connectivity index is 2.00. The molecule has 1 saturated heterocycles. The lowest BCUT2D eigenvalue weighted by Gasteiger charge is -2.30. The third-order valence-corrected chi connectivity index (χ3v) is 3.87. The van der Waals surface area contributed by atoms with Crippen LogP contribution in [0.25, 0.3) is 0 Å². The highest BCUT2D eigenvalue weighted by Gasteiger charge is 2.22. The average Bonchev–Trinajstić information content (AvgIpc) is 2.47. The molecule has 0 unspecified atom stereocenters. The summed E-state index contributed by atoms with van der Waals surface area (Å²) in [6.07, 6.45) is -0.566. The van der Waals surface area contributed by atoms with Gasteiger partial charge in [-0.1, -0.05) is 12.1 Å². The van der Waals surface area contributed by atoms with Crippen LogP contribution in [0.15, 0.2) is 18.2 Å². The number of morpholine rings is 1. The van der Waals surface area contributed by atoms with Gasteiger partial charge in [0.1, 0.15) is 5.69 Å². The van der Waals surface area contributed by atoms with Crippen LogP contribution in [0.1, 0.15) is 5.56 Å². The van der Waals surface area contributed by atoms with Crippen LogP contribution in [-0.2, 0) is 4.74 Å². The van der Waals surface area contributed by atoms with E-state index in [1.165, 1.54) is 0 Å². The first-order chi connectivity index (χ1) is 10.5. The molecule has 0 aromatic heterocycles. The number of aliphatic hydroxyl groups excluding tert-OH is 1. The summed E-state index contributed by atoms with van der Waals surface area (Å²) in [6.45, 7) is 5.61. The highest BCUT2D eigenvalue weighted by atomic mass is 16.6. The molecule has 0 bridgehead atoms. The maximum absolute atomic E-state index is 11.2. The summed E-state index contributed by atoms with van der Waals surface area (Å²) >= 11 is 0. The third kappa shape index (κ3) is 4.16. The Morgan fingerprint density at radius 2 is 2.14 bits per heavy atom. The fourth-order valence-electron chi connectivity index (χ4n) is 2.74. The van der Waals surface area contributed by atoms with E-state index in [2.05, 4.69) is 4.90 Å². The fraction of sp³-hybridized carbons (Fsp3) is 0.600. The summed E-state index contributed by atoms with van der Waals surface area (Å²) in [7, 11) is 1.77. The van der Waals surface area contributed by atoms with E-state index in [1.54, 1.807) is 37.1 Å². The first-order valence-electron chi connectivity index (χ1n) is 7.42. The summed E-state index contributed by atoms with van der Waals surface area (Å²) in [4.78, 5) is 14.8. The van der Waals surface area contributed by atoms with Gasteiger partial charge in [0.05, 0.1) is 24.2 Å². The summed E-state index contributed by atoms with van der Waals surface area (Å²) in [5.41, 5.74) is 1.26. The van der Waals surface area contributed by atoms with Crippen molar-refractivity contribution in [3.05, 3.63) is 33.9 Å². The van der Waals surface area contributed by atoms with E-state index >= 15 is 0 Å². The molecule has 22 heavy (non-hydrogen) atoms. The molecule has 0 radical (unpaired) electrons. The van der Waals surface area contributed by atoms with Gasteiger partial charge in [0, 0.05) is 38.8 Å². The molecule has 1 aromatic rings. The van der Waals surface area contributed by atoms with E-state index in [-0.39, 0.29) is 10.6 Å². The van der Waals surface area contributed by atoms with Gasteiger partial charge < -0.3 is 14.7 Å². The van der Waals surface area contributed by atoms with E-state index in [4.69, 9.17) is 4.74 Å². The Kier molecular flexibility index (Phi) is 5.70. The number of ether oxygens (including phenoxy) is 1. The highest BCUT2D eigenvalue weighted by Crippen LogP contribution is 2.30. The van der Waals surface area contributed by atoms with Crippen molar-refractivity contribution in [1.82, 2.24) is 4.90 Å². The van der Waals surface area contributed by atoms with Gasteiger partial charge in [-0.05, 0) is 13.0 Å². The molecule has 0 saturated carbocycles. The summed E-state index contributed by atoms with van der Waals surface area (Å²) in [6, 6.07) is 5.23. The molecule has 1 aliphatic heterocycles. The lowest BCUT2D eigenvalue weighted by Crippen LogP contribution is -2.44. The van der Waals surface area contributed by atoms with Crippen LogP contribution in [0, 0.1) is 17.0 Å². The van der Waals surface area contributed by atoms with Crippen molar-refractivity contribution in [2.24, 2.45) is 0 Å². The molecule has 0 spiro atoms. The lowest BCUT2D eigenvalue weighted by molar-refractivity contribution is -0.384. The SMILES string of the molecule is Cc1cccc(N(C)C[C@@H](O)CN2CCOCC2)c1[N+](=O)[O-]. The summed E-state index contributed by atoms with van der Waals surface area (Å²) < 4.78 is 5.28.